The summed E-state index contributed by atoms with van der Waals surface area (Å²) in [6, 6.07) is 25.0. The summed E-state index contributed by atoms with van der Waals surface area (Å²) >= 11 is 6.56. The van der Waals surface area contributed by atoms with Crippen LogP contribution in [0.3, 0.4) is 0 Å². The van der Waals surface area contributed by atoms with Gasteiger partial charge in [-0.15, -0.1) is 0 Å². The Morgan fingerprint density at radius 2 is 1.68 bits per heavy atom. The van der Waals surface area contributed by atoms with Gasteiger partial charge in [-0.3, -0.25) is 0 Å². The highest BCUT2D eigenvalue weighted by Crippen LogP contribution is 2.52. The number of halogens is 1. The molecule has 0 saturated carbocycles. The topological polar surface area (TPSA) is 21.3 Å². The van der Waals surface area contributed by atoms with Crippen LogP contribution in [0.5, 0.6) is 5.75 Å². The summed E-state index contributed by atoms with van der Waals surface area (Å²) in [5.74, 6) is 1.76. The van der Waals surface area contributed by atoms with Crippen molar-refractivity contribution in [2.24, 2.45) is 5.92 Å². The minimum atomic E-state index is 0.169. The van der Waals surface area contributed by atoms with Gasteiger partial charge in [0.1, 0.15) is 12.4 Å². The van der Waals surface area contributed by atoms with Gasteiger partial charge in [0, 0.05) is 10.9 Å². The zero-order valence-electron chi connectivity index (χ0n) is 15.5. The molecule has 3 heteroatoms. The van der Waals surface area contributed by atoms with Crippen LogP contribution < -0.4 is 10.1 Å². The molecule has 0 fully saturated rings. The van der Waals surface area contributed by atoms with Gasteiger partial charge in [0.25, 0.3) is 0 Å². The number of hydrogen-bond acceptors (Lipinski definition) is 2. The molecule has 3 aromatic carbocycles. The monoisotopic (exact) mass is 387 g/mol. The van der Waals surface area contributed by atoms with Crippen LogP contribution in [0.2, 0.25) is 5.02 Å². The molecule has 1 N–H and O–H groups in total. The van der Waals surface area contributed by atoms with E-state index in [1.165, 1.54) is 5.56 Å². The van der Waals surface area contributed by atoms with Gasteiger partial charge < -0.3 is 10.1 Å². The van der Waals surface area contributed by atoms with Crippen molar-refractivity contribution in [3.8, 4) is 5.75 Å². The Hall–Kier alpha value is -2.71. The zero-order chi connectivity index (χ0) is 18.9. The van der Waals surface area contributed by atoms with Crippen LogP contribution in [-0.2, 0) is 6.61 Å². The Bertz CT molecular complexity index is 1010. The van der Waals surface area contributed by atoms with E-state index in [1.54, 1.807) is 0 Å². The molecule has 1 heterocycles. The second kappa shape index (κ2) is 7.37. The van der Waals surface area contributed by atoms with Gasteiger partial charge in [-0.1, -0.05) is 84.4 Å². The maximum Gasteiger partial charge on any atom is 0.143 e. The summed E-state index contributed by atoms with van der Waals surface area (Å²) in [5, 5.41) is 4.60. The summed E-state index contributed by atoms with van der Waals surface area (Å²) in [4.78, 5) is 0. The van der Waals surface area contributed by atoms with Crippen molar-refractivity contribution < 1.29 is 4.74 Å². The summed E-state index contributed by atoms with van der Waals surface area (Å²) in [6.45, 7) is 0.555. The highest BCUT2D eigenvalue weighted by Gasteiger charge is 2.39. The van der Waals surface area contributed by atoms with Crippen LogP contribution in [0.1, 0.15) is 35.1 Å². The molecule has 3 aromatic rings. The number of para-hydroxylation sites is 1. The number of benzene rings is 3. The lowest BCUT2D eigenvalue weighted by Gasteiger charge is -2.38. The fraction of sp³-hybridized carbons (Fsp3) is 0.200. The summed E-state index contributed by atoms with van der Waals surface area (Å²) in [6.07, 6.45) is 5.70. The molecule has 3 atom stereocenters. The van der Waals surface area contributed by atoms with Crippen molar-refractivity contribution in [3.05, 3.63) is 107 Å². The first-order valence-electron chi connectivity index (χ1n) is 9.78. The number of ether oxygens (including phenoxy) is 1. The Morgan fingerprint density at radius 3 is 2.54 bits per heavy atom. The summed E-state index contributed by atoms with van der Waals surface area (Å²) < 4.78 is 6.23. The van der Waals surface area contributed by atoms with E-state index in [4.69, 9.17) is 16.3 Å². The predicted molar refractivity (Wildman–Crippen MR) is 115 cm³/mol. The van der Waals surface area contributed by atoms with E-state index >= 15 is 0 Å². The lowest BCUT2D eigenvalue weighted by Crippen LogP contribution is -2.29. The number of rotatable bonds is 4. The van der Waals surface area contributed by atoms with Crippen LogP contribution in [0.25, 0.3) is 0 Å². The van der Waals surface area contributed by atoms with Crippen LogP contribution in [0, 0.1) is 5.92 Å². The van der Waals surface area contributed by atoms with E-state index in [0.717, 1.165) is 34.0 Å². The minimum Gasteiger partial charge on any atom is -0.487 e. The first kappa shape index (κ1) is 17.4. The molecular weight excluding hydrogens is 366 g/mol. The largest absolute Gasteiger partial charge is 0.487 e. The van der Waals surface area contributed by atoms with Gasteiger partial charge in [0.15, 0.2) is 0 Å². The lowest BCUT2D eigenvalue weighted by molar-refractivity contribution is 0.304. The zero-order valence-corrected chi connectivity index (χ0v) is 16.3. The van der Waals surface area contributed by atoms with Crippen LogP contribution in [0.4, 0.5) is 5.69 Å². The van der Waals surface area contributed by atoms with Crippen LogP contribution in [-0.4, -0.2) is 0 Å². The summed E-state index contributed by atoms with van der Waals surface area (Å²) in [5.41, 5.74) is 4.73. The Kier molecular flexibility index (Phi) is 4.58. The SMILES string of the molecule is Clc1ccccc1C1Nc2c(OCc3ccccc3)cccc2C2C=CCC21. The van der Waals surface area contributed by atoms with Crippen LogP contribution in [0.15, 0.2) is 84.9 Å². The van der Waals surface area contributed by atoms with Gasteiger partial charge >= 0.3 is 0 Å². The average Bonchev–Trinajstić information content (AvgIpc) is 3.23. The Morgan fingerprint density at radius 1 is 0.893 bits per heavy atom. The van der Waals surface area contributed by atoms with Gasteiger partial charge in [0.2, 0.25) is 0 Å². The Balaban J connectivity index is 1.51. The van der Waals surface area contributed by atoms with Gasteiger partial charge in [-0.05, 0) is 41.2 Å². The third kappa shape index (κ3) is 3.08. The summed E-state index contributed by atoms with van der Waals surface area (Å²) in [7, 11) is 0. The molecule has 1 aliphatic heterocycles. The molecule has 0 saturated heterocycles. The normalized spacial score (nSPS) is 22.2. The first-order valence-corrected chi connectivity index (χ1v) is 10.2. The molecule has 28 heavy (non-hydrogen) atoms. The maximum absolute atomic E-state index is 6.56. The number of anilines is 1. The third-order valence-corrected chi connectivity index (χ3v) is 6.18. The highest BCUT2D eigenvalue weighted by molar-refractivity contribution is 6.31. The minimum absolute atomic E-state index is 0.169. The molecule has 0 radical (unpaired) electrons. The molecule has 0 aromatic heterocycles. The third-order valence-electron chi connectivity index (χ3n) is 5.84. The van der Waals surface area contributed by atoms with Crippen molar-refractivity contribution in [1.29, 1.82) is 0 Å². The first-order chi connectivity index (χ1) is 13.8. The number of allylic oxidation sites excluding steroid dienone is 2. The fourth-order valence-corrected chi connectivity index (χ4v) is 4.74. The van der Waals surface area contributed by atoms with Gasteiger partial charge in [-0.2, -0.15) is 0 Å². The Labute approximate surface area is 170 Å². The molecule has 2 aliphatic rings. The standard InChI is InChI=1S/C25H22ClNO/c26-22-14-5-4-10-21(22)24-19-12-6-11-18(19)20-13-7-15-23(25(20)27-24)28-16-17-8-2-1-3-9-17/h1-11,13-15,18-19,24,27H,12,16H2. The molecular formula is C25H22ClNO. The predicted octanol–water partition coefficient (Wildman–Crippen LogP) is 6.75. The number of fused-ring (bicyclic) bond motifs is 3. The number of hydrogen-bond donors (Lipinski definition) is 1. The second-order valence-electron chi connectivity index (χ2n) is 7.49. The molecule has 2 nitrogen and oxygen atoms in total. The maximum atomic E-state index is 6.56. The molecule has 5 rings (SSSR count). The smallest absolute Gasteiger partial charge is 0.143 e. The molecule has 3 unspecified atom stereocenters. The van der Waals surface area contributed by atoms with Gasteiger partial charge in [-0.25, -0.2) is 0 Å². The average molecular weight is 388 g/mol. The molecule has 0 amide bonds. The molecule has 0 spiro atoms. The van der Waals surface area contributed by atoms with E-state index in [9.17, 15) is 0 Å². The molecule has 140 valence electrons. The number of nitrogens with one attached hydrogen (secondary N) is 1. The second-order valence-corrected chi connectivity index (χ2v) is 7.90. The van der Waals surface area contributed by atoms with E-state index in [0.29, 0.717) is 18.4 Å². The fourth-order valence-electron chi connectivity index (χ4n) is 4.48. The molecule has 1 aliphatic carbocycles. The van der Waals surface area contributed by atoms with Crippen molar-refractivity contribution >= 4 is 17.3 Å². The quantitative estimate of drug-likeness (QED) is 0.500. The van der Waals surface area contributed by atoms with Crippen molar-refractivity contribution in [2.75, 3.05) is 5.32 Å². The van der Waals surface area contributed by atoms with Crippen molar-refractivity contribution in [1.82, 2.24) is 0 Å². The van der Waals surface area contributed by atoms with Gasteiger partial charge in [0.05, 0.1) is 11.7 Å². The van der Waals surface area contributed by atoms with Crippen molar-refractivity contribution in [3.63, 3.8) is 0 Å². The van der Waals surface area contributed by atoms with E-state index in [2.05, 4.69) is 59.9 Å². The lowest BCUT2D eigenvalue weighted by atomic mass is 9.77. The van der Waals surface area contributed by atoms with E-state index < -0.39 is 0 Å². The molecule has 0 bridgehead atoms. The van der Waals surface area contributed by atoms with E-state index in [1.807, 2.05) is 30.3 Å². The highest BCUT2D eigenvalue weighted by atomic mass is 35.5. The van der Waals surface area contributed by atoms with Crippen molar-refractivity contribution in [2.45, 2.75) is 25.0 Å². The van der Waals surface area contributed by atoms with E-state index in [-0.39, 0.29) is 6.04 Å². The van der Waals surface area contributed by atoms with Crippen LogP contribution >= 0.6 is 11.6 Å².